The molecule has 2 fully saturated rings. The minimum Gasteiger partial charge on any atom is -0.491 e. The van der Waals surface area contributed by atoms with Crippen LogP contribution in [-0.2, 0) is 16.1 Å². The Morgan fingerprint density at radius 2 is 1.94 bits per heavy atom. The average molecular weight is 622 g/mol. The second kappa shape index (κ2) is 10.4. The number of hydrogen-bond donors (Lipinski definition) is 1. The van der Waals surface area contributed by atoms with Crippen molar-refractivity contribution in [3.05, 3.63) is 61.7 Å². The average Bonchev–Trinajstić information content (AvgIpc) is 3.19. The molecule has 3 aliphatic heterocycles. The van der Waals surface area contributed by atoms with Crippen LogP contribution in [0.25, 0.3) is 0 Å². The van der Waals surface area contributed by atoms with Gasteiger partial charge in [0.2, 0.25) is 11.8 Å². The van der Waals surface area contributed by atoms with Crippen LogP contribution < -0.4 is 10.1 Å². The number of piperidine rings is 2. The molecule has 0 aromatic heterocycles. The van der Waals surface area contributed by atoms with Crippen molar-refractivity contribution in [1.82, 2.24) is 15.1 Å². The number of nitrogens with zero attached hydrogens (tertiary/aromatic N) is 2. The number of ether oxygens (including phenoxy) is 1. The van der Waals surface area contributed by atoms with E-state index in [1.807, 2.05) is 17.0 Å². The van der Waals surface area contributed by atoms with Gasteiger partial charge < -0.3 is 14.5 Å². The second-order valence-corrected chi connectivity index (χ2v) is 10.9. The molecule has 3 aliphatic rings. The standard InChI is InChI=1S/C26H25ClIN3O5/c27-20-7-4-15(12-21(20)28)25(34)30-10-2-1-3-17(30)14-36-18-5-6-19-16(11-18)13-31(26(19)35)22-8-9-23(32)29-24(22)33/h4-7,11-12,17,22H,1-3,8-10,13-14H2,(H,29,32,33)/t17-,22?/m0/s1. The van der Waals surface area contributed by atoms with Gasteiger partial charge >= 0.3 is 0 Å². The van der Waals surface area contributed by atoms with Crippen molar-refractivity contribution in [3.8, 4) is 5.75 Å². The maximum absolute atomic E-state index is 13.2. The van der Waals surface area contributed by atoms with Gasteiger partial charge in [-0.15, -0.1) is 0 Å². The minimum absolute atomic E-state index is 0.0303. The van der Waals surface area contributed by atoms with Crippen molar-refractivity contribution in [3.63, 3.8) is 0 Å². The molecule has 1 N–H and O–H groups in total. The van der Waals surface area contributed by atoms with Crippen LogP contribution in [-0.4, -0.2) is 58.7 Å². The van der Waals surface area contributed by atoms with Crippen LogP contribution in [0, 0.1) is 3.57 Å². The van der Waals surface area contributed by atoms with E-state index in [2.05, 4.69) is 27.9 Å². The molecule has 2 aromatic carbocycles. The van der Waals surface area contributed by atoms with Gasteiger partial charge in [-0.3, -0.25) is 24.5 Å². The van der Waals surface area contributed by atoms with Crippen molar-refractivity contribution >= 4 is 57.8 Å². The first kappa shape index (κ1) is 25.0. The van der Waals surface area contributed by atoms with Gasteiger partial charge in [0.1, 0.15) is 18.4 Å². The van der Waals surface area contributed by atoms with E-state index >= 15 is 0 Å². The first-order valence-corrected chi connectivity index (χ1v) is 13.4. The number of nitrogens with one attached hydrogen (secondary N) is 1. The molecule has 1 unspecified atom stereocenters. The lowest BCUT2D eigenvalue weighted by Crippen LogP contribution is -2.52. The van der Waals surface area contributed by atoms with Crippen LogP contribution in [0.2, 0.25) is 5.02 Å². The van der Waals surface area contributed by atoms with E-state index in [4.69, 9.17) is 16.3 Å². The highest BCUT2D eigenvalue weighted by atomic mass is 127. The van der Waals surface area contributed by atoms with Gasteiger partial charge in [-0.25, -0.2) is 0 Å². The lowest BCUT2D eigenvalue weighted by Gasteiger charge is -2.35. The smallest absolute Gasteiger partial charge is 0.255 e. The van der Waals surface area contributed by atoms with Gasteiger partial charge in [-0.1, -0.05) is 11.6 Å². The van der Waals surface area contributed by atoms with Crippen LogP contribution >= 0.6 is 34.2 Å². The van der Waals surface area contributed by atoms with E-state index < -0.39 is 11.9 Å². The summed E-state index contributed by atoms with van der Waals surface area (Å²) in [6.45, 7) is 1.31. The molecule has 0 bridgehead atoms. The third-order valence-corrected chi connectivity index (χ3v) is 8.53. The monoisotopic (exact) mass is 621 g/mol. The molecule has 0 saturated carbocycles. The highest BCUT2D eigenvalue weighted by molar-refractivity contribution is 14.1. The zero-order valence-corrected chi connectivity index (χ0v) is 22.4. The Morgan fingerprint density at radius 1 is 1.11 bits per heavy atom. The van der Waals surface area contributed by atoms with Gasteiger partial charge in [-0.2, -0.15) is 0 Å². The van der Waals surface area contributed by atoms with Crippen LogP contribution in [0.1, 0.15) is 58.4 Å². The number of benzene rings is 2. The molecular weight excluding hydrogens is 597 g/mol. The maximum Gasteiger partial charge on any atom is 0.255 e. The van der Waals surface area contributed by atoms with E-state index in [1.54, 1.807) is 24.3 Å². The third kappa shape index (κ3) is 4.95. The largest absolute Gasteiger partial charge is 0.491 e. The second-order valence-electron chi connectivity index (χ2n) is 9.31. The molecule has 0 aliphatic carbocycles. The number of halogens is 2. The Labute approximate surface area is 227 Å². The van der Waals surface area contributed by atoms with Crippen LogP contribution in [0.3, 0.4) is 0 Å². The number of carbonyl (C=O) groups is 4. The fraction of sp³-hybridized carbons (Fsp3) is 0.385. The maximum atomic E-state index is 13.2. The Hall–Kier alpha value is -2.66. The topological polar surface area (TPSA) is 96.0 Å². The molecule has 3 heterocycles. The van der Waals surface area contributed by atoms with Gasteiger partial charge in [0.25, 0.3) is 11.8 Å². The number of carbonyl (C=O) groups excluding carboxylic acids is 4. The molecule has 2 atom stereocenters. The predicted octanol–water partition coefficient (Wildman–Crippen LogP) is 3.78. The van der Waals surface area contributed by atoms with Crippen molar-refractivity contribution in [2.45, 2.75) is 50.7 Å². The summed E-state index contributed by atoms with van der Waals surface area (Å²) in [6, 6.07) is 9.90. The number of hydrogen-bond acceptors (Lipinski definition) is 5. The van der Waals surface area contributed by atoms with Crippen LogP contribution in [0.5, 0.6) is 5.75 Å². The molecule has 4 amide bonds. The van der Waals surface area contributed by atoms with Crippen molar-refractivity contribution in [1.29, 1.82) is 0 Å². The number of amides is 4. The lowest BCUT2D eigenvalue weighted by molar-refractivity contribution is -0.136. The molecule has 2 saturated heterocycles. The molecular formula is C26H25ClIN3O5. The van der Waals surface area contributed by atoms with E-state index in [0.29, 0.717) is 48.0 Å². The number of rotatable bonds is 5. The summed E-state index contributed by atoms with van der Waals surface area (Å²) in [5.74, 6) is -0.367. The molecule has 0 spiro atoms. The molecule has 0 radical (unpaired) electrons. The van der Waals surface area contributed by atoms with Crippen LogP contribution in [0.4, 0.5) is 0 Å². The summed E-state index contributed by atoms with van der Waals surface area (Å²) in [5, 5.41) is 2.94. The van der Waals surface area contributed by atoms with Crippen LogP contribution in [0.15, 0.2) is 36.4 Å². The Morgan fingerprint density at radius 3 is 2.72 bits per heavy atom. The van der Waals surface area contributed by atoms with Crippen molar-refractivity contribution in [2.24, 2.45) is 0 Å². The Bertz CT molecular complexity index is 1250. The highest BCUT2D eigenvalue weighted by Gasteiger charge is 2.39. The summed E-state index contributed by atoms with van der Waals surface area (Å²) in [4.78, 5) is 53.3. The van der Waals surface area contributed by atoms with Gasteiger partial charge in [0.05, 0.1) is 11.1 Å². The molecule has 188 valence electrons. The third-order valence-electron chi connectivity index (χ3n) is 6.99. The molecule has 5 rings (SSSR count). The van der Waals surface area contributed by atoms with E-state index in [9.17, 15) is 19.2 Å². The van der Waals surface area contributed by atoms with E-state index in [-0.39, 0.29) is 30.2 Å². The first-order valence-electron chi connectivity index (χ1n) is 12.0. The molecule has 36 heavy (non-hydrogen) atoms. The van der Waals surface area contributed by atoms with Crippen molar-refractivity contribution in [2.75, 3.05) is 13.2 Å². The van der Waals surface area contributed by atoms with Gasteiger partial charge in [0.15, 0.2) is 0 Å². The SMILES string of the molecule is O=C1CCC(N2Cc3cc(OC[C@@H]4CCCCN4C(=O)c4ccc(Cl)c(I)c4)ccc3C2=O)C(=O)N1. The van der Waals surface area contributed by atoms with E-state index in [1.165, 1.54) is 4.90 Å². The fourth-order valence-corrected chi connectivity index (χ4v) is 5.70. The normalized spacial score (nSPS) is 21.9. The Balaban J connectivity index is 1.26. The zero-order valence-electron chi connectivity index (χ0n) is 19.5. The summed E-state index contributed by atoms with van der Waals surface area (Å²) in [5.41, 5.74) is 1.94. The summed E-state index contributed by atoms with van der Waals surface area (Å²) >= 11 is 8.25. The lowest BCUT2D eigenvalue weighted by atomic mass is 10.0. The Kier molecular flexibility index (Phi) is 7.21. The number of fused-ring (bicyclic) bond motifs is 1. The first-order chi connectivity index (χ1) is 17.3. The summed E-state index contributed by atoms with van der Waals surface area (Å²) in [7, 11) is 0. The quantitative estimate of drug-likeness (QED) is 0.405. The predicted molar refractivity (Wildman–Crippen MR) is 141 cm³/mol. The minimum atomic E-state index is -0.648. The molecule has 10 heteroatoms. The number of imide groups is 1. The van der Waals surface area contributed by atoms with E-state index in [0.717, 1.165) is 28.4 Å². The zero-order chi connectivity index (χ0) is 25.4. The summed E-state index contributed by atoms with van der Waals surface area (Å²) in [6.07, 6.45) is 3.37. The van der Waals surface area contributed by atoms with Crippen molar-refractivity contribution < 1.29 is 23.9 Å². The fourth-order valence-electron chi connectivity index (χ4n) is 5.07. The number of likely N-dealkylation sites (tertiary alicyclic amines) is 1. The molecule has 8 nitrogen and oxygen atoms in total. The van der Waals surface area contributed by atoms with Gasteiger partial charge in [-0.05, 0) is 90.2 Å². The summed E-state index contributed by atoms with van der Waals surface area (Å²) < 4.78 is 6.95. The van der Waals surface area contributed by atoms with Gasteiger partial charge in [0, 0.05) is 34.2 Å². The molecule has 2 aromatic rings. The highest BCUT2D eigenvalue weighted by Crippen LogP contribution is 2.31.